The van der Waals surface area contributed by atoms with Crippen LogP contribution in [0.15, 0.2) is 71.6 Å². The van der Waals surface area contributed by atoms with Crippen LogP contribution in [-0.2, 0) is 16.4 Å². The van der Waals surface area contributed by atoms with Crippen molar-refractivity contribution in [3.8, 4) is 0 Å². The van der Waals surface area contributed by atoms with Crippen LogP contribution in [0.4, 0.5) is 15.2 Å². The van der Waals surface area contributed by atoms with Gasteiger partial charge in [0.05, 0.1) is 20.8 Å². The van der Waals surface area contributed by atoms with Crippen LogP contribution in [0.3, 0.4) is 0 Å². The molecule has 4 aromatic rings. The maximum Gasteiger partial charge on any atom is 0.264 e. The van der Waals surface area contributed by atoms with Gasteiger partial charge in [-0.25, -0.2) is 17.8 Å². The van der Waals surface area contributed by atoms with Crippen LogP contribution < -0.4 is 14.5 Å². The van der Waals surface area contributed by atoms with E-state index in [1.165, 1.54) is 39.9 Å². The minimum absolute atomic E-state index is 0. The predicted molar refractivity (Wildman–Crippen MR) is 159 cm³/mol. The summed E-state index contributed by atoms with van der Waals surface area (Å²) in [6.45, 7) is 4.92. The molecule has 0 radical (unpaired) electrons. The number of benzene rings is 3. The maximum atomic E-state index is 13.5. The molecule has 3 heterocycles. The van der Waals surface area contributed by atoms with Crippen LogP contribution in [0.5, 0.6) is 0 Å². The van der Waals surface area contributed by atoms with Gasteiger partial charge in [-0.05, 0) is 60.5 Å². The minimum atomic E-state index is -3.69. The van der Waals surface area contributed by atoms with Gasteiger partial charge in [0.15, 0.2) is 5.13 Å². The number of hydrogen-bond donors (Lipinski definition) is 1. The van der Waals surface area contributed by atoms with Crippen molar-refractivity contribution in [2.24, 2.45) is 0 Å². The maximum absolute atomic E-state index is 13.5. The zero-order chi connectivity index (χ0) is 27.0. The second-order valence-electron chi connectivity index (χ2n) is 9.67. The lowest BCUT2D eigenvalue weighted by Crippen LogP contribution is -2.48. The number of piperazine rings is 1. The van der Waals surface area contributed by atoms with E-state index in [4.69, 9.17) is 0 Å². The third-order valence-electron chi connectivity index (χ3n) is 7.24. The summed E-state index contributed by atoms with van der Waals surface area (Å²) in [5.74, 6) is -0.482. The number of carbonyl (C=O) groups is 1. The van der Waals surface area contributed by atoms with Gasteiger partial charge < -0.3 is 10.2 Å². The number of thiazole rings is 1. The molecule has 1 saturated heterocycles. The first-order chi connectivity index (χ1) is 18.9. The average Bonchev–Trinajstić information content (AvgIpc) is 3.58. The fourth-order valence-corrected chi connectivity index (χ4v) is 7.62. The molecule has 8 nitrogen and oxygen atoms in total. The molecule has 6 rings (SSSR count). The molecule has 0 aliphatic carbocycles. The SMILES string of the molecule is Cl.O=C(NCCN1CCN(c2nc3ccc(F)cc3s2)CC1)c1ccc(S(=O)(=O)N2CCc3ccccc32)cc1. The zero-order valence-corrected chi connectivity index (χ0v) is 24.1. The predicted octanol–water partition coefficient (Wildman–Crippen LogP) is 4.16. The first-order valence-corrected chi connectivity index (χ1v) is 15.2. The molecule has 0 atom stereocenters. The highest BCUT2D eigenvalue weighted by Crippen LogP contribution is 2.33. The Kier molecular flexibility index (Phi) is 8.27. The zero-order valence-electron chi connectivity index (χ0n) is 21.6. The highest BCUT2D eigenvalue weighted by atomic mass is 35.5. The molecule has 1 fully saturated rings. The van der Waals surface area contributed by atoms with E-state index in [-0.39, 0.29) is 29.0 Å². The molecule has 0 spiro atoms. The Morgan fingerprint density at radius 1 is 0.975 bits per heavy atom. The number of hydrogen-bond acceptors (Lipinski definition) is 7. The van der Waals surface area contributed by atoms with Crippen LogP contribution in [0, 0.1) is 5.82 Å². The van der Waals surface area contributed by atoms with Gasteiger partial charge in [0.1, 0.15) is 5.82 Å². The number of sulfonamides is 1. The van der Waals surface area contributed by atoms with E-state index in [9.17, 15) is 17.6 Å². The van der Waals surface area contributed by atoms with Gasteiger partial charge in [0.25, 0.3) is 15.9 Å². The number of para-hydroxylation sites is 1. The van der Waals surface area contributed by atoms with Gasteiger partial charge in [0, 0.05) is 51.4 Å². The lowest BCUT2D eigenvalue weighted by molar-refractivity contribution is 0.0947. The molecule has 3 aromatic carbocycles. The normalized spacial score (nSPS) is 15.6. The van der Waals surface area contributed by atoms with Crippen molar-refractivity contribution in [2.45, 2.75) is 11.3 Å². The summed E-state index contributed by atoms with van der Waals surface area (Å²) in [7, 11) is -3.69. The van der Waals surface area contributed by atoms with Crippen molar-refractivity contribution >= 4 is 60.7 Å². The van der Waals surface area contributed by atoms with Crippen molar-refractivity contribution in [1.82, 2.24) is 15.2 Å². The van der Waals surface area contributed by atoms with E-state index >= 15 is 0 Å². The van der Waals surface area contributed by atoms with Gasteiger partial charge in [-0.15, -0.1) is 12.4 Å². The number of fused-ring (bicyclic) bond motifs is 2. The molecule has 40 heavy (non-hydrogen) atoms. The second-order valence-corrected chi connectivity index (χ2v) is 12.5. The smallest absolute Gasteiger partial charge is 0.264 e. The Bertz CT molecular complexity index is 1620. The Morgan fingerprint density at radius 3 is 2.50 bits per heavy atom. The molecule has 0 saturated carbocycles. The van der Waals surface area contributed by atoms with E-state index < -0.39 is 10.0 Å². The lowest BCUT2D eigenvalue weighted by atomic mass is 10.2. The number of halogens is 2. The Hall–Kier alpha value is -3.25. The van der Waals surface area contributed by atoms with E-state index in [0.29, 0.717) is 31.6 Å². The third kappa shape index (κ3) is 5.64. The van der Waals surface area contributed by atoms with Crippen molar-refractivity contribution in [1.29, 1.82) is 0 Å². The lowest BCUT2D eigenvalue weighted by Gasteiger charge is -2.34. The monoisotopic (exact) mass is 601 g/mol. The summed E-state index contributed by atoms with van der Waals surface area (Å²) in [5.41, 5.74) is 2.98. The molecule has 2 aliphatic rings. The number of rotatable bonds is 7. The molecule has 1 amide bonds. The van der Waals surface area contributed by atoms with E-state index in [2.05, 4.69) is 20.1 Å². The molecule has 0 bridgehead atoms. The summed E-state index contributed by atoms with van der Waals surface area (Å²) in [4.78, 5) is 22.0. The molecule has 12 heteroatoms. The van der Waals surface area contributed by atoms with Gasteiger partial charge in [-0.3, -0.25) is 14.0 Å². The van der Waals surface area contributed by atoms with Crippen molar-refractivity contribution < 1.29 is 17.6 Å². The van der Waals surface area contributed by atoms with E-state index in [1.807, 2.05) is 24.3 Å². The first-order valence-electron chi connectivity index (χ1n) is 12.9. The molecular weight excluding hydrogens is 573 g/mol. The summed E-state index contributed by atoms with van der Waals surface area (Å²) in [6.07, 6.45) is 0.689. The largest absolute Gasteiger partial charge is 0.351 e. The topological polar surface area (TPSA) is 85.9 Å². The summed E-state index contributed by atoms with van der Waals surface area (Å²) >= 11 is 1.50. The molecule has 1 N–H and O–H groups in total. The standard InChI is InChI=1S/C28H28FN5O3S2.ClH/c29-22-7-10-24-26(19-22)38-28(31-24)33-17-15-32(16-18-33)14-12-30-27(35)21-5-8-23(9-6-21)39(36,37)34-13-11-20-3-1-2-4-25(20)34;/h1-10,19H,11-18H2,(H,30,35);1H. The number of anilines is 2. The quantitative estimate of drug-likeness (QED) is 0.342. The van der Waals surface area contributed by atoms with Crippen LogP contribution >= 0.6 is 23.7 Å². The Balaban J connectivity index is 0.00000323. The Morgan fingerprint density at radius 2 is 1.73 bits per heavy atom. The average molecular weight is 602 g/mol. The van der Waals surface area contributed by atoms with Crippen LogP contribution in [-0.4, -0.2) is 70.0 Å². The van der Waals surface area contributed by atoms with Gasteiger partial charge >= 0.3 is 0 Å². The third-order valence-corrected chi connectivity index (χ3v) is 10.2. The number of nitrogens with one attached hydrogen (secondary N) is 1. The van der Waals surface area contributed by atoms with Gasteiger partial charge in [-0.1, -0.05) is 29.5 Å². The van der Waals surface area contributed by atoms with Crippen molar-refractivity contribution in [3.05, 3.63) is 83.7 Å². The van der Waals surface area contributed by atoms with Crippen molar-refractivity contribution in [3.63, 3.8) is 0 Å². The molecule has 1 aromatic heterocycles. The molecule has 2 aliphatic heterocycles. The fourth-order valence-electron chi connectivity index (χ4n) is 5.08. The molecule has 0 unspecified atom stereocenters. The minimum Gasteiger partial charge on any atom is -0.351 e. The highest BCUT2D eigenvalue weighted by Gasteiger charge is 2.30. The summed E-state index contributed by atoms with van der Waals surface area (Å²) < 4.78 is 42.2. The number of nitrogens with zero attached hydrogens (tertiary/aromatic N) is 4. The van der Waals surface area contributed by atoms with E-state index in [1.54, 1.807) is 18.2 Å². The molecule has 210 valence electrons. The van der Waals surface area contributed by atoms with Crippen LogP contribution in [0.25, 0.3) is 10.2 Å². The van der Waals surface area contributed by atoms with Crippen LogP contribution in [0.2, 0.25) is 0 Å². The van der Waals surface area contributed by atoms with Crippen molar-refractivity contribution in [2.75, 3.05) is 55.0 Å². The van der Waals surface area contributed by atoms with E-state index in [0.717, 1.165) is 52.8 Å². The summed E-state index contributed by atoms with van der Waals surface area (Å²) in [5, 5.41) is 3.84. The highest BCUT2D eigenvalue weighted by molar-refractivity contribution is 7.92. The first kappa shape index (κ1) is 28.3. The summed E-state index contributed by atoms with van der Waals surface area (Å²) in [6, 6.07) is 18.3. The number of carbonyl (C=O) groups excluding carboxylic acids is 1. The second kappa shape index (κ2) is 11.7. The van der Waals surface area contributed by atoms with Crippen LogP contribution in [0.1, 0.15) is 15.9 Å². The van der Waals surface area contributed by atoms with Gasteiger partial charge in [-0.2, -0.15) is 0 Å². The molecular formula is C28H29ClFN5O3S2. The van der Waals surface area contributed by atoms with Gasteiger partial charge in [0.2, 0.25) is 0 Å². The number of amides is 1. The fraction of sp³-hybridized carbons (Fsp3) is 0.286. The number of aromatic nitrogens is 1. The Labute approximate surface area is 242 Å².